The molecule has 0 bridgehead atoms. The molecular formula is C19H22BrN3O3. The minimum absolute atomic E-state index is 0.130. The van der Waals surface area contributed by atoms with Gasteiger partial charge < -0.3 is 14.8 Å². The lowest BCUT2D eigenvalue weighted by Crippen LogP contribution is -2.26. The van der Waals surface area contributed by atoms with Gasteiger partial charge in [0.05, 0.1) is 31.5 Å². The number of nitrogens with one attached hydrogen (secondary N) is 2. The van der Waals surface area contributed by atoms with E-state index in [1.807, 2.05) is 26.0 Å². The van der Waals surface area contributed by atoms with Gasteiger partial charge in [-0.05, 0) is 47.5 Å². The number of amides is 1. The molecule has 0 aromatic heterocycles. The summed E-state index contributed by atoms with van der Waals surface area (Å²) in [6.07, 6.45) is 1.53. The summed E-state index contributed by atoms with van der Waals surface area (Å²) in [5, 5.41) is 7.09. The fourth-order valence-corrected chi connectivity index (χ4v) is 2.91. The van der Waals surface area contributed by atoms with E-state index in [1.165, 1.54) is 11.8 Å². The summed E-state index contributed by atoms with van der Waals surface area (Å²) in [6.45, 7) is 4.16. The van der Waals surface area contributed by atoms with E-state index in [0.717, 1.165) is 15.7 Å². The first-order valence-electron chi connectivity index (χ1n) is 7.99. The molecule has 0 fully saturated rings. The summed E-state index contributed by atoms with van der Waals surface area (Å²) in [6, 6.07) is 9.57. The number of hydrazone groups is 1. The number of anilines is 1. The van der Waals surface area contributed by atoms with Crippen LogP contribution in [0.3, 0.4) is 0 Å². The largest absolute Gasteiger partial charge is 0.496 e. The van der Waals surface area contributed by atoms with Gasteiger partial charge >= 0.3 is 0 Å². The van der Waals surface area contributed by atoms with Gasteiger partial charge in [0.2, 0.25) is 0 Å². The van der Waals surface area contributed by atoms with Gasteiger partial charge in [-0.15, -0.1) is 0 Å². The molecule has 0 heterocycles. The van der Waals surface area contributed by atoms with Crippen molar-refractivity contribution in [3.63, 3.8) is 0 Å². The first-order chi connectivity index (χ1) is 12.4. The summed E-state index contributed by atoms with van der Waals surface area (Å²) in [7, 11) is 3.14. The van der Waals surface area contributed by atoms with Crippen molar-refractivity contribution in [1.82, 2.24) is 5.43 Å². The van der Waals surface area contributed by atoms with Crippen LogP contribution < -0.4 is 20.2 Å². The molecule has 7 heteroatoms. The highest BCUT2D eigenvalue weighted by Crippen LogP contribution is 2.31. The maximum Gasteiger partial charge on any atom is 0.259 e. The lowest BCUT2D eigenvalue weighted by molar-refractivity contribution is -0.119. The Labute approximate surface area is 161 Å². The zero-order valence-corrected chi connectivity index (χ0v) is 16.8. The predicted molar refractivity (Wildman–Crippen MR) is 107 cm³/mol. The highest BCUT2D eigenvalue weighted by atomic mass is 79.9. The van der Waals surface area contributed by atoms with Gasteiger partial charge in [-0.3, -0.25) is 4.79 Å². The molecule has 2 rings (SSSR count). The molecule has 0 saturated carbocycles. The number of halogens is 1. The number of benzene rings is 2. The molecule has 0 aliphatic rings. The Balaban J connectivity index is 1.95. The Hall–Kier alpha value is -2.54. The zero-order valence-electron chi connectivity index (χ0n) is 15.2. The van der Waals surface area contributed by atoms with E-state index in [2.05, 4.69) is 37.8 Å². The summed E-state index contributed by atoms with van der Waals surface area (Å²) in [4.78, 5) is 12.0. The standard InChI is InChI=1S/C19H22BrN3O3/c1-12-5-6-16(13(2)7-12)21-11-19(24)23-22-10-14-8-15(20)18(26-4)9-17(14)25-3/h5-10,21H,11H2,1-4H3,(H,23,24)/b22-10+. The molecule has 0 radical (unpaired) electrons. The second-order valence-corrected chi connectivity index (χ2v) is 6.55. The van der Waals surface area contributed by atoms with Crippen molar-refractivity contribution in [1.29, 1.82) is 0 Å². The molecule has 0 aliphatic carbocycles. The minimum Gasteiger partial charge on any atom is -0.496 e. The van der Waals surface area contributed by atoms with Gasteiger partial charge in [0.25, 0.3) is 5.91 Å². The topological polar surface area (TPSA) is 72.0 Å². The second-order valence-electron chi connectivity index (χ2n) is 5.69. The van der Waals surface area contributed by atoms with Gasteiger partial charge in [-0.1, -0.05) is 17.7 Å². The maximum absolute atomic E-state index is 12.0. The van der Waals surface area contributed by atoms with Crippen molar-refractivity contribution in [3.8, 4) is 11.5 Å². The molecule has 2 aromatic rings. The maximum atomic E-state index is 12.0. The van der Waals surface area contributed by atoms with E-state index >= 15 is 0 Å². The van der Waals surface area contributed by atoms with Crippen LogP contribution in [0.2, 0.25) is 0 Å². The Morgan fingerprint density at radius 3 is 2.54 bits per heavy atom. The molecular weight excluding hydrogens is 398 g/mol. The van der Waals surface area contributed by atoms with E-state index in [-0.39, 0.29) is 12.5 Å². The molecule has 2 aromatic carbocycles. The zero-order chi connectivity index (χ0) is 19.1. The van der Waals surface area contributed by atoms with Crippen LogP contribution in [0.1, 0.15) is 16.7 Å². The van der Waals surface area contributed by atoms with E-state index in [0.29, 0.717) is 17.1 Å². The number of methoxy groups -OCH3 is 2. The third-order valence-corrected chi connectivity index (χ3v) is 4.34. The van der Waals surface area contributed by atoms with Crippen LogP contribution in [0.4, 0.5) is 5.69 Å². The molecule has 0 aliphatic heterocycles. The van der Waals surface area contributed by atoms with Gasteiger partial charge in [0, 0.05) is 17.3 Å². The third-order valence-electron chi connectivity index (χ3n) is 3.72. The number of hydrogen-bond donors (Lipinski definition) is 2. The summed E-state index contributed by atoms with van der Waals surface area (Å²) in [5.74, 6) is 1.00. The highest BCUT2D eigenvalue weighted by Gasteiger charge is 2.08. The molecule has 0 atom stereocenters. The van der Waals surface area contributed by atoms with Crippen molar-refractivity contribution < 1.29 is 14.3 Å². The molecule has 2 N–H and O–H groups in total. The van der Waals surface area contributed by atoms with E-state index in [1.54, 1.807) is 26.4 Å². The lowest BCUT2D eigenvalue weighted by atomic mass is 10.1. The Morgan fingerprint density at radius 2 is 1.88 bits per heavy atom. The summed E-state index contributed by atoms with van der Waals surface area (Å²) in [5.41, 5.74) is 6.41. The van der Waals surface area contributed by atoms with Gasteiger partial charge in [0.15, 0.2) is 0 Å². The quantitative estimate of drug-likeness (QED) is 0.530. The second kappa shape index (κ2) is 9.24. The smallest absolute Gasteiger partial charge is 0.259 e. The first-order valence-corrected chi connectivity index (χ1v) is 8.78. The van der Waals surface area contributed by atoms with Crippen LogP contribution in [0.25, 0.3) is 0 Å². The van der Waals surface area contributed by atoms with Crippen LogP contribution in [0.15, 0.2) is 39.9 Å². The molecule has 138 valence electrons. The van der Waals surface area contributed by atoms with Crippen molar-refractivity contribution >= 4 is 33.7 Å². The molecule has 0 spiro atoms. The van der Waals surface area contributed by atoms with Crippen molar-refractivity contribution in [3.05, 3.63) is 51.5 Å². The van der Waals surface area contributed by atoms with Gasteiger partial charge in [-0.25, -0.2) is 5.43 Å². The molecule has 0 saturated heterocycles. The monoisotopic (exact) mass is 419 g/mol. The van der Waals surface area contributed by atoms with E-state index in [4.69, 9.17) is 9.47 Å². The number of carbonyl (C=O) groups is 1. The molecule has 6 nitrogen and oxygen atoms in total. The average molecular weight is 420 g/mol. The minimum atomic E-state index is -0.243. The first kappa shape index (κ1) is 19.8. The number of aryl methyl sites for hydroxylation is 2. The number of ether oxygens (including phenoxy) is 2. The SMILES string of the molecule is COc1cc(OC)c(/C=N/NC(=O)CNc2ccc(C)cc2C)cc1Br. The summed E-state index contributed by atoms with van der Waals surface area (Å²) >= 11 is 3.41. The molecule has 1 amide bonds. The highest BCUT2D eigenvalue weighted by molar-refractivity contribution is 9.10. The lowest BCUT2D eigenvalue weighted by Gasteiger charge is -2.10. The summed E-state index contributed by atoms with van der Waals surface area (Å²) < 4.78 is 11.3. The fraction of sp³-hybridized carbons (Fsp3) is 0.263. The van der Waals surface area contributed by atoms with Crippen molar-refractivity contribution in [2.45, 2.75) is 13.8 Å². The predicted octanol–water partition coefficient (Wildman–Crippen LogP) is 3.65. The fourth-order valence-electron chi connectivity index (χ4n) is 2.39. The number of rotatable bonds is 7. The van der Waals surface area contributed by atoms with E-state index < -0.39 is 0 Å². The van der Waals surface area contributed by atoms with Crippen molar-refractivity contribution in [2.75, 3.05) is 26.1 Å². The van der Waals surface area contributed by atoms with Crippen molar-refractivity contribution in [2.24, 2.45) is 5.10 Å². The van der Waals surface area contributed by atoms with Crippen LogP contribution in [-0.4, -0.2) is 32.9 Å². The van der Waals surface area contributed by atoms with Crippen LogP contribution in [0.5, 0.6) is 11.5 Å². The third kappa shape index (κ3) is 5.23. The van der Waals surface area contributed by atoms with Crippen LogP contribution in [-0.2, 0) is 4.79 Å². The van der Waals surface area contributed by atoms with Gasteiger partial charge in [0.1, 0.15) is 11.5 Å². The number of carbonyl (C=O) groups excluding carboxylic acids is 1. The van der Waals surface area contributed by atoms with Crippen LogP contribution in [0, 0.1) is 13.8 Å². The Bertz CT molecular complexity index is 822. The number of nitrogens with zero attached hydrogens (tertiary/aromatic N) is 1. The normalized spacial score (nSPS) is 10.7. The molecule has 26 heavy (non-hydrogen) atoms. The average Bonchev–Trinajstić information content (AvgIpc) is 2.61. The molecule has 0 unspecified atom stereocenters. The Morgan fingerprint density at radius 1 is 1.15 bits per heavy atom. The van der Waals surface area contributed by atoms with Crippen LogP contribution >= 0.6 is 15.9 Å². The number of hydrogen-bond acceptors (Lipinski definition) is 5. The van der Waals surface area contributed by atoms with E-state index in [9.17, 15) is 4.79 Å². The Kier molecular flexibility index (Phi) is 7.03. The van der Waals surface area contributed by atoms with Gasteiger partial charge in [-0.2, -0.15) is 5.10 Å².